The van der Waals surface area contributed by atoms with E-state index in [4.69, 9.17) is 10.5 Å². The highest BCUT2D eigenvalue weighted by molar-refractivity contribution is 5.28. The molecule has 90 valence electrons. The summed E-state index contributed by atoms with van der Waals surface area (Å²) in [7, 11) is 0. The first-order valence-electron chi connectivity index (χ1n) is 6.19. The first kappa shape index (κ1) is 13.0. The van der Waals surface area contributed by atoms with Crippen molar-refractivity contribution in [2.24, 2.45) is 5.73 Å². The van der Waals surface area contributed by atoms with Crippen LogP contribution in [0.5, 0.6) is 5.75 Å². The Morgan fingerprint density at radius 2 is 2.12 bits per heavy atom. The van der Waals surface area contributed by atoms with Gasteiger partial charge in [0.1, 0.15) is 5.75 Å². The van der Waals surface area contributed by atoms with Crippen molar-refractivity contribution >= 4 is 0 Å². The summed E-state index contributed by atoms with van der Waals surface area (Å²) in [4.78, 5) is 0. The Morgan fingerprint density at radius 1 is 1.31 bits per heavy atom. The van der Waals surface area contributed by atoms with Gasteiger partial charge in [0.05, 0.1) is 6.61 Å². The average Bonchev–Trinajstić information content (AvgIpc) is 2.24. The van der Waals surface area contributed by atoms with E-state index in [1.165, 1.54) is 18.4 Å². The fourth-order valence-electron chi connectivity index (χ4n) is 1.68. The third-order valence-electron chi connectivity index (χ3n) is 2.47. The van der Waals surface area contributed by atoms with Crippen molar-refractivity contribution in [1.29, 1.82) is 0 Å². The highest BCUT2D eigenvalue weighted by Gasteiger charge is 2.00. The van der Waals surface area contributed by atoms with Crippen LogP contribution in [0.1, 0.15) is 38.7 Å². The molecule has 0 aliphatic rings. The minimum absolute atomic E-state index is 0.204. The maximum atomic E-state index is 5.77. The number of benzene rings is 1. The molecular weight excluding hydrogens is 198 g/mol. The van der Waals surface area contributed by atoms with Crippen LogP contribution in [0.25, 0.3) is 0 Å². The van der Waals surface area contributed by atoms with Gasteiger partial charge >= 0.3 is 0 Å². The zero-order valence-corrected chi connectivity index (χ0v) is 10.4. The molecule has 0 saturated heterocycles. The number of nitrogens with two attached hydrogens (primary N) is 1. The summed E-state index contributed by atoms with van der Waals surface area (Å²) in [5.74, 6) is 0.967. The normalized spacial score (nSPS) is 12.4. The number of ether oxygens (including phenoxy) is 1. The molecule has 0 aliphatic heterocycles. The number of unbranched alkanes of at least 4 members (excludes halogenated alkanes) is 2. The van der Waals surface area contributed by atoms with Crippen molar-refractivity contribution in [3.8, 4) is 5.75 Å². The van der Waals surface area contributed by atoms with E-state index >= 15 is 0 Å². The molecule has 1 aromatic carbocycles. The number of hydrogen-bond donors (Lipinski definition) is 1. The number of rotatable bonds is 7. The standard InChI is InChI=1S/C14H23NO/c1-3-4-5-9-16-14-8-6-7-13(11-14)10-12(2)15/h6-8,11-12H,3-5,9-10,15H2,1-2H3. The van der Waals surface area contributed by atoms with Crippen LogP contribution in [0.2, 0.25) is 0 Å². The second kappa shape index (κ2) is 7.29. The summed E-state index contributed by atoms with van der Waals surface area (Å²) >= 11 is 0. The molecule has 1 rings (SSSR count). The lowest BCUT2D eigenvalue weighted by atomic mass is 10.1. The van der Waals surface area contributed by atoms with Gasteiger partial charge < -0.3 is 10.5 Å². The molecule has 2 nitrogen and oxygen atoms in total. The van der Waals surface area contributed by atoms with Gasteiger partial charge in [0, 0.05) is 6.04 Å². The molecule has 0 bridgehead atoms. The van der Waals surface area contributed by atoms with E-state index in [9.17, 15) is 0 Å². The van der Waals surface area contributed by atoms with E-state index in [0.717, 1.165) is 25.2 Å². The van der Waals surface area contributed by atoms with Crippen LogP contribution >= 0.6 is 0 Å². The molecule has 1 atom stereocenters. The van der Waals surface area contributed by atoms with Crippen molar-refractivity contribution in [2.45, 2.75) is 45.6 Å². The summed E-state index contributed by atoms with van der Waals surface area (Å²) < 4.78 is 5.69. The molecule has 0 saturated carbocycles. The van der Waals surface area contributed by atoms with Crippen molar-refractivity contribution < 1.29 is 4.74 Å². The molecule has 0 radical (unpaired) electrons. The Hall–Kier alpha value is -1.02. The first-order chi connectivity index (χ1) is 7.72. The highest BCUT2D eigenvalue weighted by Crippen LogP contribution is 2.15. The maximum absolute atomic E-state index is 5.77. The minimum Gasteiger partial charge on any atom is -0.494 e. The Labute approximate surface area is 98.8 Å². The molecular formula is C14H23NO. The topological polar surface area (TPSA) is 35.2 Å². The molecule has 16 heavy (non-hydrogen) atoms. The van der Waals surface area contributed by atoms with E-state index < -0.39 is 0 Å². The van der Waals surface area contributed by atoms with Gasteiger partial charge in [-0.1, -0.05) is 31.9 Å². The van der Waals surface area contributed by atoms with Crippen LogP contribution in [0.15, 0.2) is 24.3 Å². The highest BCUT2D eigenvalue weighted by atomic mass is 16.5. The fraction of sp³-hybridized carbons (Fsp3) is 0.571. The first-order valence-corrected chi connectivity index (χ1v) is 6.19. The fourth-order valence-corrected chi connectivity index (χ4v) is 1.68. The summed E-state index contributed by atoms with van der Waals surface area (Å²) in [6, 6.07) is 8.44. The third-order valence-corrected chi connectivity index (χ3v) is 2.47. The van der Waals surface area contributed by atoms with Crippen LogP contribution in [0.4, 0.5) is 0 Å². The Kier molecular flexibility index (Phi) is 5.94. The monoisotopic (exact) mass is 221 g/mol. The predicted octanol–water partition coefficient (Wildman–Crippen LogP) is 3.15. The van der Waals surface area contributed by atoms with Crippen molar-refractivity contribution in [3.63, 3.8) is 0 Å². The molecule has 0 spiro atoms. The maximum Gasteiger partial charge on any atom is 0.119 e. The van der Waals surface area contributed by atoms with Crippen molar-refractivity contribution in [1.82, 2.24) is 0 Å². The lowest BCUT2D eigenvalue weighted by Crippen LogP contribution is -2.17. The van der Waals surface area contributed by atoms with Gasteiger partial charge in [0.15, 0.2) is 0 Å². The van der Waals surface area contributed by atoms with Crippen LogP contribution in [-0.4, -0.2) is 12.6 Å². The van der Waals surface area contributed by atoms with E-state index in [0.29, 0.717) is 0 Å². The quantitative estimate of drug-likeness (QED) is 0.718. The SMILES string of the molecule is CCCCCOc1cccc(CC(C)N)c1. The molecule has 2 N–H and O–H groups in total. The lowest BCUT2D eigenvalue weighted by Gasteiger charge is -2.09. The predicted molar refractivity (Wildman–Crippen MR) is 68.8 cm³/mol. The summed E-state index contributed by atoms with van der Waals surface area (Å²) in [6.45, 7) is 5.04. The van der Waals surface area contributed by atoms with Crippen molar-refractivity contribution in [2.75, 3.05) is 6.61 Å². The molecule has 1 unspecified atom stereocenters. The van der Waals surface area contributed by atoms with E-state index in [1.54, 1.807) is 0 Å². The Bertz CT molecular complexity index is 297. The summed E-state index contributed by atoms with van der Waals surface area (Å²) in [5.41, 5.74) is 7.03. The molecule has 0 aliphatic carbocycles. The average molecular weight is 221 g/mol. The van der Waals surface area contributed by atoms with Gasteiger partial charge in [-0.3, -0.25) is 0 Å². The van der Waals surface area contributed by atoms with Crippen LogP contribution < -0.4 is 10.5 Å². The van der Waals surface area contributed by atoms with Gasteiger partial charge in [0.25, 0.3) is 0 Å². The largest absolute Gasteiger partial charge is 0.494 e. The van der Waals surface area contributed by atoms with E-state index in [2.05, 4.69) is 19.1 Å². The van der Waals surface area contributed by atoms with Gasteiger partial charge in [-0.2, -0.15) is 0 Å². The van der Waals surface area contributed by atoms with Gasteiger partial charge in [0.2, 0.25) is 0 Å². The van der Waals surface area contributed by atoms with Gasteiger partial charge in [-0.05, 0) is 37.5 Å². The Balaban J connectivity index is 2.41. The summed E-state index contributed by atoms with van der Waals surface area (Å²) in [6.07, 6.45) is 4.51. The van der Waals surface area contributed by atoms with Crippen LogP contribution in [0, 0.1) is 0 Å². The zero-order chi connectivity index (χ0) is 11.8. The van der Waals surface area contributed by atoms with E-state index in [1.807, 2.05) is 19.1 Å². The second-order valence-electron chi connectivity index (χ2n) is 4.38. The van der Waals surface area contributed by atoms with Gasteiger partial charge in [-0.15, -0.1) is 0 Å². The zero-order valence-electron chi connectivity index (χ0n) is 10.4. The molecule has 2 heteroatoms. The minimum atomic E-state index is 0.204. The molecule has 0 heterocycles. The lowest BCUT2D eigenvalue weighted by molar-refractivity contribution is 0.306. The second-order valence-corrected chi connectivity index (χ2v) is 4.38. The smallest absolute Gasteiger partial charge is 0.119 e. The van der Waals surface area contributed by atoms with Crippen LogP contribution in [0.3, 0.4) is 0 Å². The molecule has 0 aromatic heterocycles. The van der Waals surface area contributed by atoms with Crippen LogP contribution in [-0.2, 0) is 6.42 Å². The molecule has 1 aromatic rings. The Morgan fingerprint density at radius 3 is 2.81 bits per heavy atom. The van der Waals surface area contributed by atoms with E-state index in [-0.39, 0.29) is 6.04 Å². The number of hydrogen-bond acceptors (Lipinski definition) is 2. The third kappa shape index (κ3) is 5.17. The van der Waals surface area contributed by atoms with Gasteiger partial charge in [-0.25, -0.2) is 0 Å². The van der Waals surface area contributed by atoms with Crippen molar-refractivity contribution in [3.05, 3.63) is 29.8 Å². The summed E-state index contributed by atoms with van der Waals surface area (Å²) in [5, 5.41) is 0. The molecule has 0 fully saturated rings. The molecule has 0 amide bonds.